The number of carbonyl (C=O) groups excluding carboxylic acids is 1. The average molecular weight is 492 g/mol. The number of hydrogen-bond donors (Lipinski definition) is 3. The van der Waals surface area contributed by atoms with Gasteiger partial charge in [-0.25, -0.2) is 34.6 Å². The van der Waals surface area contributed by atoms with Gasteiger partial charge in [-0.15, -0.1) is 16.4 Å². The lowest BCUT2D eigenvalue weighted by atomic mass is 10.1. The molecule has 3 N–H and O–H groups in total. The third-order valence-corrected chi connectivity index (χ3v) is 5.14. The first-order valence-corrected chi connectivity index (χ1v) is 10.5. The second-order valence-electron chi connectivity index (χ2n) is 6.77. The Balaban J connectivity index is 1.85. The number of thiazole rings is 1. The van der Waals surface area contributed by atoms with Crippen LogP contribution >= 0.6 is 11.3 Å². The Bertz CT molecular complexity index is 1410. The summed E-state index contributed by atoms with van der Waals surface area (Å²) in [5.74, 6) is -0.705. The number of urea groups is 1. The van der Waals surface area contributed by atoms with E-state index in [1.54, 1.807) is 13.8 Å². The van der Waals surface area contributed by atoms with Gasteiger partial charge in [-0.05, 0) is 26.0 Å². The van der Waals surface area contributed by atoms with Crippen LogP contribution in [0.4, 0.5) is 23.8 Å². The van der Waals surface area contributed by atoms with Gasteiger partial charge in [0.2, 0.25) is 0 Å². The van der Waals surface area contributed by atoms with Crippen LogP contribution in [-0.2, 0) is 6.18 Å². The topological polar surface area (TPSA) is 152 Å². The molecule has 0 bridgehead atoms. The highest BCUT2D eigenvalue weighted by atomic mass is 32.1. The first kappa shape index (κ1) is 23.0. The Kier molecular flexibility index (Phi) is 6.10. The van der Waals surface area contributed by atoms with Crippen LogP contribution in [0.2, 0.25) is 0 Å². The fourth-order valence-electron chi connectivity index (χ4n) is 2.87. The van der Waals surface area contributed by atoms with Gasteiger partial charge in [0.25, 0.3) is 5.89 Å². The highest BCUT2D eigenvalue weighted by molar-refractivity contribution is 7.13. The molecule has 4 aromatic heterocycles. The molecular formula is C19H15F3N8O3S. The number of anilines is 1. The minimum atomic E-state index is -4.63. The quantitative estimate of drug-likeness (QED) is 0.383. The van der Waals surface area contributed by atoms with Crippen LogP contribution < -0.4 is 16.4 Å². The van der Waals surface area contributed by atoms with E-state index in [1.807, 2.05) is 0 Å². The van der Waals surface area contributed by atoms with Crippen molar-refractivity contribution in [3.8, 4) is 33.5 Å². The monoisotopic (exact) mass is 492 g/mol. The van der Waals surface area contributed by atoms with Gasteiger partial charge in [-0.2, -0.15) is 13.2 Å². The minimum absolute atomic E-state index is 0.0154. The van der Waals surface area contributed by atoms with E-state index in [-0.39, 0.29) is 39.4 Å². The van der Waals surface area contributed by atoms with Crippen molar-refractivity contribution in [3.05, 3.63) is 45.6 Å². The first-order chi connectivity index (χ1) is 16.1. The van der Waals surface area contributed by atoms with E-state index >= 15 is 0 Å². The fourth-order valence-corrected chi connectivity index (χ4v) is 3.72. The Morgan fingerprint density at radius 3 is 2.65 bits per heavy atom. The molecule has 0 saturated carbocycles. The maximum absolute atomic E-state index is 13.2. The number of aromatic amines is 1. The molecule has 0 atom stereocenters. The molecule has 0 spiro atoms. The molecule has 0 radical (unpaired) electrons. The zero-order chi connectivity index (χ0) is 24.5. The van der Waals surface area contributed by atoms with Crippen molar-refractivity contribution in [1.29, 1.82) is 0 Å². The molecule has 0 aliphatic rings. The molecule has 15 heteroatoms. The molecule has 4 aromatic rings. The summed E-state index contributed by atoms with van der Waals surface area (Å²) < 4.78 is 44.4. The van der Waals surface area contributed by atoms with Crippen molar-refractivity contribution in [2.75, 3.05) is 11.9 Å². The highest BCUT2D eigenvalue weighted by Gasteiger charge is 2.34. The Morgan fingerprint density at radius 2 is 2.00 bits per heavy atom. The van der Waals surface area contributed by atoms with Crippen LogP contribution in [0, 0.1) is 6.92 Å². The van der Waals surface area contributed by atoms with Gasteiger partial charge in [0, 0.05) is 34.9 Å². The zero-order valence-electron chi connectivity index (χ0n) is 17.5. The normalized spacial score (nSPS) is 11.4. The largest absolute Gasteiger partial charge is 0.434 e. The van der Waals surface area contributed by atoms with Crippen molar-refractivity contribution >= 4 is 23.2 Å². The summed E-state index contributed by atoms with van der Waals surface area (Å²) in [4.78, 5) is 39.8. The van der Waals surface area contributed by atoms with E-state index in [9.17, 15) is 22.8 Å². The van der Waals surface area contributed by atoms with Gasteiger partial charge >= 0.3 is 18.0 Å². The maximum atomic E-state index is 13.2. The molecule has 34 heavy (non-hydrogen) atoms. The van der Waals surface area contributed by atoms with E-state index in [0.29, 0.717) is 12.2 Å². The summed E-state index contributed by atoms with van der Waals surface area (Å²) in [6.45, 7) is 3.74. The van der Waals surface area contributed by atoms with E-state index in [1.165, 1.54) is 18.3 Å². The molecule has 2 amide bonds. The lowest BCUT2D eigenvalue weighted by molar-refractivity contribution is -0.140. The zero-order valence-corrected chi connectivity index (χ0v) is 18.3. The number of alkyl halides is 3. The summed E-state index contributed by atoms with van der Waals surface area (Å²) in [7, 11) is 0. The number of hydrogen-bond acceptors (Lipinski definition) is 9. The van der Waals surface area contributed by atoms with Crippen molar-refractivity contribution in [2.24, 2.45) is 0 Å². The number of H-pyrrole nitrogens is 1. The number of nitrogens with one attached hydrogen (secondary N) is 3. The van der Waals surface area contributed by atoms with Gasteiger partial charge in [0.05, 0.1) is 0 Å². The molecule has 0 aromatic carbocycles. The summed E-state index contributed by atoms with van der Waals surface area (Å²) >= 11 is 0.764. The standard InChI is InChI=1S/C19H15F3N8O3S/c1-3-23-17(31)28-13-5-9(16-27-12(7-34-16)19(20,21)22)10(6-24-13)14-25-8(2)4-11(26-14)15-29-30-18(32)33-15/h4-7H,3H2,1-2H3,(H,30,32)(H2,23,24,28,31). The highest BCUT2D eigenvalue weighted by Crippen LogP contribution is 2.38. The van der Waals surface area contributed by atoms with Crippen LogP contribution in [0.5, 0.6) is 0 Å². The number of amides is 2. The second kappa shape index (κ2) is 9.01. The predicted molar refractivity (Wildman–Crippen MR) is 115 cm³/mol. The van der Waals surface area contributed by atoms with Crippen LogP contribution in [0.25, 0.3) is 33.5 Å². The van der Waals surface area contributed by atoms with Gasteiger partial charge < -0.3 is 9.73 Å². The minimum Gasteiger partial charge on any atom is -0.386 e. The molecule has 0 fully saturated rings. The summed E-state index contributed by atoms with van der Waals surface area (Å²) in [5.41, 5.74) is 0.0371. The average Bonchev–Trinajstić information content (AvgIpc) is 3.43. The van der Waals surface area contributed by atoms with Gasteiger partial charge in [0.15, 0.2) is 11.5 Å². The molecule has 4 heterocycles. The molecule has 11 nitrogen and oxygen atoms in total. The molecule has 0 unspecified atom stereocenters. The van der Waals surface area contributed by atoms with Gasteiger partial charge in [0.1, 0.15) is 16.5 Å². The van der Waals surface area contributed by atoms with E-state index in [4.69, 9.17) is 4.42 Å². The number of rotatable bonds is 5. The number of nitrogens with zero attached hydrogens (tertiary/aromatic N) is 5. The number of halogens is 3. The predicted octanol–water partition coefficient (Wildman–Crippen LogP) is 3.47. The summed E-state index contributed by atoms with van der Waals surface area (Å²) in [6, 6.07) is 2.36. The fraction of sp³-hybridized carbons (Fsp3) is 0.211. The third kappa shape index (κ3) is 4.93. The van der Waals surface area contributed by atoms with Crippen molar-refractivity contribution < 1.29 is 22.4 Å². The maximum Gasteiger partial charge on any atom is 0.434 e. The van der Waals surface area contributed by atoms with Gasteiger partial charge in [-0.1, -0.05) is 0 Å². The van der Waals surface area contributed by atoms with Crippen molar-refractivity contribution in [1.82, 2.24) is 35.5 Å². The first-order valence-electron chi connectivity index (χ1n) is 9.64. The number of carbonyl (C=O) groups is 1. The number of aryl methyl sites for hydroxylation is 1. The Morgan fingerprint density at radius 1 is 1.21 bits per heavy atom. The number of aromatic nitrogens is 6. The summed E-state index contributed by atoms with van der Waals surface area (Å²) in [6.07, 6.45) is -3.32. The molecule has 0 aliphatic carbocycles. The van der Waals surface area contributed by atoms with E-state index in [0.717, 1.165) is 16.7 Å². The number of pyridine rings is 1. The van der Waals surface area contributed by atoms with Crippen LogP contribution in [0.1, 0.15) is 18.3 Å². The van der Waals surface area contributed by atoms with Crippen molar-refractivity contribution in [2.45, 2.75) is 20.0 Å². The smallest absolute Gasteiger partial charge is 0.386 e. The molecule has 0 aliphatic heterocycles. The van der Waals surface area contributed by atoms with Crippen LogP contribution in [-0.4, -0.2) is 42.7 Å². The Labute approximate surface area is 192 Å². The Hall–Kier alpha value is -4.14. The third-order valence-electron chi connectivity index (χ3n) is 4.26. The van der Waals surface area contributed by atoms with Crippen molar-refractivity contribution in [3.63, 3.8) is 0 Å². The van der Waals surface area contributed by atoms with Gasteiger partial charge in [-0.3, -0.25) is 5.32 Å². The van der Waals surface area contributed by atoms with E-state index < -0.39 is 23.7 Å². The summed E-state index contributed by atoms with van der Waals surface area (Å²) in [5, 5.41) is 11.8. The van der Waals surface area contributed by atoms with E-state index in [2.05, 4.69) is 40.8 Å². The lowest BCUT2D eigenvalue weighted by Gasteiger charge is -2.11. The van der Waals surface area contributed by atoms with Crippen LogP contribution in [0.15, 0.2) is 32.9 Å². The second-order valence-corrected chi connectivity index (χ2v) is 7.63. The lowest BCUT2D eigenvalue weighted by Crippen LogP contribution is -2.28. The molecule has 4 rings (SSSR count). The molecule has 0 saturated heterocycles. The van der Waals surface area contributed by atoms with Crippen LogP contribution in [0.3, 0.4) is 0 Å². The molecule has 176 valence electrons. The SMILES string of the molecule is CCNC(=O)Nc1cc(-c2nc(C(F)(F)F)cs2)c(-c2nc(C)cc(-c3n[nH]c(=O)o3)n2)cn1. The molecular weight excluding hydrogens is 477 g/mol.